The number of hydrogen-bond acceptors (Lipinski definition) is 3. The normalized spacial score (nSPS) is 10.0. The van der Waals surface area contributed by atoms with Crippen molar-refractivity contribution < 1.29 is 9.13 Å². The minimum atomic E-state index is -0.353. The van der Waals surface area contributed by atoms with Crippen molar-refractivity contribution in [2.24, 2.45) is 0 Å². The summed E-state index contributed by atoms with van der Waals surface area (Å²) in [4.78, 5) is 3.88. The van der Waals surface area contributed by atoms with E-state index in [1.165, 1.54) is 6.07 Å². The number of aromatic nitrogens is 1. The molecular formula is C11H15FN2O. The van der Waals surface area contributed by atoms with E-state index in [0.29, 0.717) is 19.0 Å². The molecule has 15 heavy (non-hydrogen) atoms. The number of rotatable bonds is 6. The van der Waals surface area contributed by atoms with E-state index >= 15 is 0 Å². The standard InChI is InChI=1S/C11H15FN2O/c1-3-5-15-11-9(7-13-4-2)6-10(12)8-14-11/h3,6,8,13H,1,4-5,7H2,2H3. The fourth-order valence-electron chi connectivity index (χ4n) is 1.12. The predicted octanol–water partition coefficient (Wildman–Crippen LogP) is 1.89. The third kappa shape index (κ3) is 3.67. The van der Waals surface area contributed by atoms with Crippen LogP contribution in [-0.4, -0.2) is 18.1 Å². The highest BCUT2D eigenvalue weighted by atomic mass is 19.1. The van der Waals surface area contributed by atoms with E-state index in [9.17, 15) is 4.39 Å². The van der Waals surface area contributed by atoms with E-state index < -0.39 is 0 Å². The summed E-state index contributed by atoms with van der Waals surface area (Å²) in [7, 11) is 0. The van der Waals surface area contributed by atoms with Gasteiger partial charge in [-0.15, -0.1) is 0 Å². The molecule has 0 atom stereocenters. The summed E-state index contributed by atoms with van der Waals surface area (Å²) in [5.74, 6) is 0.103. The van der Waals surface area contributed by atoms with E-state index in [4.69, 9.17) is 4.74 Å². The van der Waals surface area contributed by atoms with Crippen LogP contribution in [-0.2, 0) is 6.54 Å². The SMILES string of the molecule is C=CCOc1ncc(F)cc1CNCC. The van der Waals surface area contributed by atoms with Gasteiger partial charge in [0.15, 0.2) is 0 Å². The van der Waals surface area contributed by atoms with E-state index in [0.717, 1.165) is 18.3 Å². The maximum atomic E-state index is 12.9. The topological polar surface area (TPSA) is 34.1 Å². The van der Waals surface area contributed by atoms with E-state index in [-0.39, 0.29) is 5.82 Å². The summed E-state index contributed by atoms with van der Waals surface area (Å²) < 4.78 is 18.2. The van der Waals surface area contributed by atoms with Crippen LogP contribution < -0.4 is 10.1 Å². The first kappa shape index (κ1) is 11.7. The second kappa shape index (κ2) is 6.14. The summed E-state index contributed by atoms with van der Waals surface area (Å²) in [6.07, 6.45) is 2.77. The molecule has 0 aliphatic rings. The van der Waals surface area contributed by atoms with Gasteiger partial charge in [0, 0.05) is 12.1 Å². The summed E-state index contributed by atoms with van der Waals surface area (Å²) >= 11 is 0. The van der Waals surface area contributed by atoms with Crippen molar-refractivity contribution in [3.63, 3.8) is 0 Å². The zero-order valence-electron chi connectivity index (χ0n) is 8.79. The van der Waals surface area contributed by atoms with Crippen LogP contribution in [0.15, 0.2) is 24.9 Å². The average molecular weight is 210 g/mol. The largest absolute Gasteiger partial charge is 0.473 e. The maximum absolute atomic E-state index is 12.9. The number of pyridine rings is 1. The van der Waals surface area contributed by atoms with Crippen LogP contribution in [0.2, 0.25) is 0 Å². The lowest BCUT2D eigenvalue weighted by atomic mass is 10.2. The number of hydrogen-bond donors (Lipinski definition) is 1. The summed E-state index contributed by atoms with van der Waals surface area (Å²) in [6.45, 7) is 7.26. The van der Waals surface area contributed by atoms with Crippen LogP contribution in [0.1, 0.15) is 12.5 Å². The lowest BCUT2D eigenvalue weighted by Crippen LogP contribution is -2.13. The summed E-state index contributed by atoms with van der Waals surface area (Å²) in [5.41, 5.74) is 0.721. The fraction of sp³-hybridized carbons (Fsp3) is 0.364. The molecule has 1 heterocycles. The minimum absolute atomic E-state index is 0.353. The third-order valence-corrected chi connectivity index (χ3v) is 1.80. The molecule has 1 aromatic rings. The second-order valence-electron chi connectivity index (χ2n) is 3.00. The van der Waals surface area contributed by atoms with E-state index in [1.807, 2.05) is 6.92 Å². The first-order chi connectivity index (χ1) is 7.27. The second-order valence-corrected chi connectivity index (χ2v) is 3.00. The zero-order chi connectivity index (χ0) is 11.1. The van der Waals surface area contributed by atoms with Crippen molar-refractivity contribution in [1.82, 2.24) is 10.3 Å². The Morgan fingerprint density at radius 2 is 2.47 bits per heavy atom. The van der Waals surface area contributed by atoms with E-state index in [2.05, 4.69) is 16.9 Å². The van der Waals surface area contributed by atoms with Crippen molar-refractivity contribution in [1.29, 1.82) is 0 Å². The number of halogens is 1. The Hall–Kier alpha value is -1.42. The molecule has 0 saturated heterocycles. The molecule has 4 heteroatoms. The molecule has 0 bridgehead atoms. The van der Waals surface area contributed by atoms with Gasteiger partial charge in [0.1, 0.15) is 12.4 Å². The number of nitrogens with one attached hydrogen (secondary N) is 1. The van der Waals surface area contributed by atoms with Crippen LogP contribution >= 0.6 is 0 Å². The third-order valence-electron chi connectivity index (χ3n) is 1.80. The average Bonchev–Trinajstić information content (AvgIpc) is 2.25. The van der Waals surface area contributed by atoms with Crippen LogP contribution in [0.4, 0.5) is 4.39 Å². The molecule has 0 aliphatic heterocycles. The minimum Gasteiger partial charge on any atom is -0.473 e. The molecule has 0 saturated carbocycles. The Morgan fingerprint density at radius 3 is 3.13 bits per heavy atom. The van der Waals surface area contributed by atoms with Crippen molar-refractivity contribution in [3.05, 3.63) is 36.3 Å². The van der Waals surface area contributed by atoms with Crippen LogP contribution in [0.3, 0.4) is 0 Å². The van der Waals surface area contributed by atoms with Gasteiger partial charge >= 0.3 is 0 Å². The molecule has 0 unspecified atom stereocenters. The van der Waals surface area contributed by atoms with Crippen LogP contribution in [0.25, 0.3) is 0 Å². The highest BCUT2D eigenvalue weighted by molar-refractivity contribution is 5.26. The van der Waals surface area contributed by atoms with Crippen molar-refractivity contribution >= 4 is 0 Å². The van der Waals surface area contributed by atoms with Gasteiger partial charge in [-0.1, -0.05) is 19.6 Å². The molecule has 0 aliphatic carbocycles. The quantitative estimate of drug-likeness (QED) is 0.728. The Kier molecular flexibility index (Phi) is 4.77. The van der Waals surface area contributed by atoms with Crippen LogP contribution in [0, 0.1) is 5.82 Å². The zero-order valence-corrected chi connectivity index (χ0v) is 8.79. The molecule has 3 nitrogen and oxygen atoms in total. The lowest BCUT2D eigenvalue weighted by molar-refractivity contribution is 0.341. The Bertz CT molecular complexity index is 328. The molecule has 0 amide bonds. The fourth-order valence-corrected chi connectivity index (χ4v) is 1.12. The van der Waals surface area contributed by atoms with Gasteiger partial charge < -0.3 is 10.1 Å². The van der Waals surface area contributed by atoms with Crippen LogP contribution in [0.5, 0.6) is 5.88 Å². The summed E-state index contributed by atoms with van der Waals surface area (Å²) in [5, 5.41) is 3.10. The van der Waals surface area contributed by atoms with Crippen molar-refractivity contribution in [2.45, 2.75) is 13.5 Å². The molecule has 1 aromatic heterocycles. The molecular weight excluding hydrogens is 195 g/mol. The van der Waals surface area contributed by atoms with Gasteiger partial charge in [-0.3, -0.25) is 0 Å². The molecule has 82 valence electrons. The Labute approximate surface area is 89.0 Å². The lowest BCUT2D eigenvalue weighted by Gasteiger charge is -2.09. The molecule has 0 fully saturated rings. The smallest absolute Gasteiger partial charge is 0.218 e. The van der Waals surface area contributed by atoms with Crippen molar-refractivity contribution in [2.75, 3.05) is 13.2 Å². The molecule has 0 spiro atoms. The van der Waals surface area contributed by atoms with Gasteiger partial charge in [0.2, 0.25) is 5.88 Å². The molecule has 0 radical (unpaired) electrons. The van der Waals surface area contributed by atoms with E-state index in [1.54, 1.807) is 6.08 Å². The van der Waals surface area contributed by atoms with Gasteiger partial charge in [0.25, 0.3) is 0 Å². The van der Waals surface area contributed by atoms with Gasteiger partial charge in [0.05, 0.1) is 6.20 Å². The first-order valence-corrected chi connectivity index (χ1v) is 4.86. The monoisotopic (exact) mass is 210 g/mol. The molecule has 0 aromatic carbocycles. The maximum Gasteiger partial charge on any atom is 0.218 e. The van der Waals surface area contributed by atoms with Gasteiger partial charge in [-0.25, -0.2) is 9.37 Å². The number of ether oxygens (including phenoxy) is 1. The Morgan fingerprint density at radius 1 is 1.67 bits per heavy atom. The van der Waals surface area contributed by atoms with Gasteiger partial charge in [-0.2, -0.15) is 0 Å². The highest BCUT2D eigenvalue weighted by Gasteiger charge is 2.05. The first-order valence-electron chi connectivity index (χ1n) is 4.86. The molecule has 1 rings (SSSR count). The van der Waals surface area contributed by atoms with Gasteiger partial charge in [-0.05, 0) is 12.6 Å². The van der Waals surface area contributed by atoms with Crippen molar-refractivity contribution in [3.8, 4) is 5.88 Å². The summed E-state index contributed by atoms with van der Waals surface area (Å²) in [6, 6.07) is 1.42. The highest BCUT2D eigenvalue weighted by Crippen LogP contribution is 2.15. The Balaban J connectivity index is 2.77. The number of nitrogens with zero attached hydrogens (tertiary/aromatic N) is 1. The molecule has 1 N–H and O–H groups in total. The predicted molar refractivity (Wildman–Crippen MR) is 57.3 cm³/mol.